The lowest BCUT2D eigenvalue weighted by atomic mass is 9.67. The van der Waals surface area contributed by atoms with Gasteiger partial charge in [0.1, 0.15) is 7.85 Å². The molecule has 0 bridgehead atoms. The molecule has 0 nitrogen and oxygen atoms in total. The van der Waals surface area contributed by atoms with Crippen molar-refractivity contribution in [3.63, 3.8) is 0 Å². The van der Waals surface area contributed by atoms with Crippen molar-refractivity contribution in [1.29, 1.82) is 0 Å². The van der Waals surface area contributed by atoms with Crippen molar-refractivity contribution in [2.24, 2.45) is 11.8 Å². The SMILES string of the molecule is BC(C(C)C=CC)C(CC)CC. The maximum absolute atomic E-state index is 2.38. The monoisotopic (exact) mass is 166 g/mol. The van der Waals surface area contributed by atoms with E-state index in [2.05, 4.69) is 47.7 Å². The molecule has 0 radical (unpaired) electrons. The second-order valence-corrected chi connectivity index (χ2v) is 3.82. The van der Waals surface area contributed by atoms with Crippen molar-refractivity contribution in [1.82, 2.24) is 0 Å². The summed E-state index contributed by atoms with van der Waals surface area (Å²) in [5, 5.41) is 0. The third-order valence-corrected chi connectivity index (χ3v) is 3.12. The van der Waals surface area contributed by atoms with Crippen molar-refractivity contribution in [2.75, 3.05) is 0 Å². The zero-order valence-corrected chi connectivity index (χ0v) is 9.30. The van der Waals surface area contributed by atoms with Crippen molar-refractivity contribution in [3.05, 3.63) is 12.2 Å². The molecule has 0 aromatic heterocycles. The van der Waals surface area contributed by atoms with Gasteiger partial charge in [-0.15, -0.1) is 0 Å². The molecule has 70 valence electrons. The highest BCUT2D eigenvalue weighted by molar-refractivity contribution is 6.12. The topological polar surface area (TPSA) is 0 Å². The molecule has 0 heterocycles. The van der Waals surface area contributed by atoms with Crippen LogP contribution < -0.4 is 0 Å². The van der Waals surface area contributed by atoms with Gasteiger partial charge in [0.2, 0.25) is 0 Å². The minimum Gasteiger partial charge on any atom is -0.0914 e. The lowest BCUT2D eigenvalue weighted by Crippen LogP contribution is -2.14. The lowest BCUT2D eigenvalue weighted by Gasteiger charge is -2.25. The molecule has 2 atom stereocenters. The number of rotatable bonds is 5. The van der Waals surface area contributed by atoms with Gasteiger partial charge in [0, 0.05) is 0 Å². The van der Waals surface area contributed by atoms with E-state index in [1.54, 1.807) is 0 Å². The van der Waals surface area contributed by atoms with Crippen LogP contribution in [0.15, 0.2) is 12.2 Å². The van der Waals surface area contributed by atoms with Crippen molar-refractivity contribution in [3.8, 4) is 0 Å². The second kappa shape index (κ2) is 6.34. The zero-order chi connectivity index (χ0) is 9.56. The smallest absolute Gasteiger partial charge is 0.0914 e. The van der Waals surface area contributed by atoms with Crippen LogP contribution in [0.25, 0.3) is 0 Å². The molecule has 0 amide bonds. The summed E-state index contributed by atoms with van der Waals surface area (Å²) in [7, 11) is 2.38. The van der Waals surface area contributed by atoms with Crippen LogP contribution in [0.2, 0.25) is 5.82 Å². The third-order valence-electron chi connectivity index (χ3n) is 3.12. The van der Waals surface area contributed by atoms with Crippen LogP contribution >= 0.6 is 0 Å². The fraction of sp³-hybridized carbons (Fsp3) is 0.818. The number of hydrogen-bond donors (Lipinski definition) is 0. The van der Waals surface area contributed by atoms with Crippen LogP contribution in [0.5, 0.6) is 0 Å². The minimum atomic E-state index is 0.736. The molecular formula is C11H23B. The molecule has 1 heteroatoms. The van der Waals surface area contributed by atoms with Gasteiger partial charge < -0.3 is 0 Å². The fourth-order valence-corrected chi connectivity index (χ4v) is 1.94. The Labute approximate surface area is 78.9 Å². The second-order valence-electron chi connectivity index (χ2n) is 3.82. The Morgan fingerprint density at radius 3 is 2.08 bits per heavy atom. The van der Waals surface area contributed by atoms with Gasteiger partial charge in [0.15, 0.2) is 0 Å². The fourth-order valence-electron chi connectivity index (χ4n) is 1.94. The van der Waals surface area contributed by atoms with Gasteiger partial charge in [-0.05, 0) is 18.8 Å². The van der Waals surface area contributed by atoms with E-state index in [4.69, 9.17) is 0 Å². The summed E-state index contributed by atoms with van der Waals surface area (Å²) >= 11 is 0. The standard InChI is InChI=1S/C11H23B/c1-5-8-9(4)11(12)10(6-2)7-3/h5,8-11H,6-7,12H2,1-4H3. The first-order chi connectivity index (χ1) is 5.67. The van der Waals surface area contributed by atoms with Gasteiger partial charge in [-0.2, -0.15) is 0 Å². The summed E-state index contributed by atoms with van der Waals surface area (Å²) in [5.41, 5.74) is 0. The number of hydrogen-bond acceptors (Lipinski definition) is 0. The Morgan fingerprint density at radius 2 is 1.75 bits per heavy atom. The van der Waals surface area contributed by atoms with Gasteiger partial charge >= 0.3 is 0 Å². The van der Waals surface area contributed by atoms with E-state index in [1.807, 2.05) is 0 Å². The van der Waals surface area contributed by atoms with Crippen LogP contribution in [0, 0.1) is 11.8 Å². The predicted octanol–water partition coefficient (Wildman–Crippen LogP) is 3.06. The van der Waals surface area contributed by atoms with Gasteiger partial charge in [-0.25, -0.2) is 0 Å². The van der Waals surface area contributed by atoms with E-state index in [9.17, 15) is 0 Å². The van der Waals surface area contributed by atoms with E-state index in [0.29, 0.717) is 0 Å². The number of allylic oxidation sites excluding steroid dienone is 2. The zero-order valence-electron chi connectivity index (χ0n) is 9.30. The van der Waals surface area contributed by atoms with Crippen molar-refractivity contribution < 1.29 is 0 Å². The molecule has 0 aliphatic carbocycles. The maximum Gasteiger partial charge on any atom is 0.106 e. The summed E-state index contributed by atoms with van der Waals surface area (Å²) in [6.07, 6.45) is 7.13. The molecule has 0 spiro atoms. The Hall–Kier alpha value is -0.195. The molecule has 0 rings (SSSR count). The molecule has 0 saturated heterocycles. The molecule has 0 saturated carbocycles. The largest absolute Gasteiger partial charge is 0.106 e. The normalized spacial score (nSPS) is 17.1. The van der Waals surface area contributed by atoms with E-state index in [1.165, 1.54) is 12.8 Å². The first kappa shape index (κ1) is 11.8. The highest BCUT2D eigenvalue weighted by Crippen LogP contribution is 2.29. The summed E-state index contributed by atoms with van der Waals surface area (Å²) in [6.45, 7) is 9.03. The van der Waals surface area contributed by atoms with Crippen LogP contribution in [0.3, 0.4) is 0 Å². The van der Waals surface area contributed by atoms with Crippen LogP contribution in [0.1, 0.15) is 40.5 Å². The first-order valence-corrected chi connectivity index (χ1v) is 5.30. The van der Waals surface area contributed by atoms with E-state index in [0.717, 1.165) is 17.7 Å². The van der Waals surface area contributed by atoms with Crippen LogP contribution in [-0.4, -0.2) is 7.85 Å². The third kappa shape index (κ3) is 3.47. The molecule has 2 unspecified atom stereocenters. The van der Waals surface area contributed by atoms with E-state index < -0.39 is 0 Å². The quantitative estimate of drug-likeness (QED) is 0.435. The Morgan fingerprint density at radius 1 is 1.25 bits per heavy atom. The summed E-state index contributed by atoms with van der Waals surface area (Å²) in [6, 6.07) is 0. The van der Waals surface area contributed by atoms with Crippen molar-refractivity contribution in [2.45, 2.75) is 46.4 Å². The molecule has 12 heavy (non-hydrogen) atoms. The average molecular weight is 166 g/mol. The minimum absolute atomic E-state index is 0.736. The van der Waals surface area contributed by atoms with Crippen LogP contribution in [0.4, 0.5) is 0 Å². The summed E-state index contributed by atoms with van der Waals surface area (Å²) in [5.74, 6) is 2.47. The van der Waals surface area contributed by atoms with E-state index >= 15 is 0 Å². The molecule has 0 N–H and O–H groups in total. The molecular weight excluding hydrogens is 143 g/mol. The lowest BCUT2D eigenvalue weighted by molar-refractivity contribution is 0.409. The van der Waals surface area contributed by atoms with Gasteiger partial charge in [0.05, 0.1) is 0 Å². The maximum atomic E-state index is 2.38. The average Bonchev–Trinajstić information content (AvgIpc) is 2.07. The predicted molar refractivity (Wildman–Crippen MR) is 60.3 cm³/mol. The van der Waals surface area contributed by atoms with E-state index in [-0.39, 0.29) is 0 Å². The highest BCUT2D eigenvalue weighted by Gasteiger charge is 2.17. The molecule has 0 aliphatic rings. The molecule has 0 fully saturated rings. The Bertz CT molecular complexity index is 125. The Balaban J connectivity index is 4.04. The van der Waals surface area contributed by atoms with Crippen molar-refractivity contribution >= 4 is 7.85 Å². The van der Waals surface area contributed by atoms with Crippen LogP contribution in [-0.2, 0) is 0 Å². The van der Waals surface area contributed by atoms with Gasteiger partial charge in [0.25, 0.3) is 0 Å². The molecule has 0 aliphatic heterocycles. The summed E-state index contributed by atoms with van der Waals surface area (Å²) in [4.78, 5) is 0. The Kier molecular flexibility index (Phi) is 6.23. The molecule has 0 aromatic carbocycles. The highest BCUT2D eigenvalue weighted by atomic mass is 14.2. The summed E-state index contributed by atoms with van der Waals surface area (Å²) < 4.78 is 0. The van der Waals surface area contributed by atoms with Gasteiger partial charge in [-0.1, -0.05) is 51.6 Å². The first-order valence-electron chi connectivity index (χ1n) is 5.30. The van der Waals surface area contributed by atoms with Gasteiger partial charge in [-0.3, -0.25) is 0 Å². The molecule has 0 aromatic rings.